The second-order valence-corrected chi connectivity index (χ2v) is 3.05. The lowest BCUT2D eigenvalue weighted by atomic mass is 10.2. The lowest BCUT2D eigenvalue weighted by molar-refractivity contribution is -0.163. The SMILES string of the molecule is Fc1c(C(F)(F)F)nc(C(F)(F)F)nc1C(F)(F)F. The normalized spacial score (nSPS) is 13.8. The zero-order valence-corrected chi connectivity index (χ0v) is 8.17. The van der Waals surface area contributed by atoms with E-state index < -0.39 is 41.6 Å². The Morgan fingerprint density at radius 3 is 1.11 bits per heavy atom. The smallest absolute Gasteiger partial charge is 0.217 e. The van der Waals surface area contributed by atoms with Crippen LogP contribution < -0.4 is 0 Å². The van der Waals surface area contributed by atoms with Gasteiger partial charge in [-0.2, -0.15) is 39.5 Å². The maximum Gasteiger partial charge on any atom is 0.451 e. The maximum absolute atomic E-state index is 12.9. The van der Waals surface area contributed by atoms with Crippen LogP contribution in [0.4, 0.5) is 43.9 Å². The van der Waals surface area contributed by atoms with Crippen LogP contribution in [0.15, 0.2) is 0 Å². The zero-order valence-electron chi connectivity index (χ0n) is 8.17. The fourth-order valence-corrected chi connectivity index (χ4v) is 0.950. The van der Waals surface area contributed by atoms with E-state index in [9.17, 15) is 43.9 Å². The van der Waals surface area contributed by atoms with Gasteiger partial charge in [-0.3, -0.25) is 0 Å². The molecule has 1 rings (SSSR count). The van der Waals surface area contributed by atoms with Gasteiger partial charge in [0.15, 0.2) is 17.2 Å². The van der Waals surface area contributed by atoms with Gasteiger partial charge in [0.2, 0.25) is 5.82 Å². The standard InChI is InChI=1S/C7F10N2/c8-1-2(5(9,10)11)18-4(7(15,16)17)19-3(1)6(12,13)14. The molecule has 0 spiro atoms. The van der Waals surface area contributed by atoms with Crippen molar-refractivity contribution in [3.63, 3.8) is 0 Å². The molecule has 0 N–H and O–H groups in total. The highest BCUT2D eigenvalue weighted by atomic mass is 19.4. The van der Waals surface area contributed by atoms with Gasteiger partial charge in [-0.05, 0) is 0 Å². The van der Waals surface area contributed by atoms with Gasteiger partial charge in [-0.15, -0.1) is 0 Å². The monoisotopic (exact) mass is 302 g/mol. The van der Waals surface area contributed by atoms with E-state index in [0.29, 0.717) is 0 Å². The highest BCUT2D eigenvalue weighted by Crippen LogP contribution is 2.38. The summed E-state index contributed by atoms with van der Waals surface area (Å²) in [4.78, 5) is 3.51. The molecule has 0 fully saturated rings. The molecule has 0 aliphatic heterocycles. The van der Waals surface area contributed by atoms with Crippen molar-refractivity contribution >= 4 is 0 Å². The number of hydrogen-bond donors (Lipinski definition) is 0. The van der Waals surface area contributed by atoms with E-state index in [0.717, 1.165) is 0 Å². The van der Waals surface area contributed by atoms with Gasteiger partial charge in [0.25, 0.3) is 0 Å². The highest BCUT2D eigenvalue weighted by molar-refractivity contribution is 5.20. The summed E-state index contributed by atoms with van der Waals surface area (Å²) < 4.78 is 122. The molecule has 0 saturated heterocycles. The molecule has 108 valence electrons. The summed E-state index contributed by atoms with van der Waals surface area (Å²) in [5.74, 6) is -5.73. The molecule has 0 atom stereocenters. The predicted octanol–water partition coefficient (Wildman–Crippen LogP) is 3.67. The van der Waals surface area contributed by atoms with Crippen LogP contribution in [0.5, 0.6) is 0 Å². The molecule has 0 aliphatic rings. The van der Waals surface area contributed by atoms with E-state index in [1.165, 1.54) is 0 Å². The summed E-state index contributed by atoms with van der Waals surface area (Å²) in [6, 6.07) is 0. The Kier molecular flexibility index (Phi) is 3.41. The van der Waals surface area contributed by atoms with Crippen molar-refractivity contribution in [3.05, 3.63) is 23.0 Å². The Morgan fingerprint density at radius 2 is 0.895 bits per heavy atom. The third-order valence-corrected chi connectivity index (χ3v) is 1.64. The Morgan fingerprint density at radius 1 is 0.579 bits per heavy atom. The van der Waals surface area contributed by atoms with Crippen LogP contribution in [-0.4, -0.2) is 9.97 Å². The van der Waals surface area contributed by atoms with Crippen molar-refractivity contribution in [3.8, 4) is 0 Å². The van der Waals surface area contributed by atoms with Crippen LogP contribution in [-0.2, 0) is 18.5 Å². The quantitative estimate of drug-likeness (QED) is 0.683. The Bertz CT molecular complexity index is 447. The fraction of sp³-hybridized carbons (Fsp3) is 0.429. The van der Waals surface area contributed by atoms with Gasteiger partial charge in [0.05, 0.1) is 0 Å². The predicted molar refractivity (Wildman–Crippen MR) is 37.0 cm³/mol. The van der Waals surface area contributed by atoms with E-state index >= 15 is 0 Å². The minimum absolute atomic E-state index is 1.75. The molecule has 0 radical (unpaired) electrons. The molecular weight excluding hydrogens is 302 g/mol. The summed E-state index contributed by atoms with van der Waals surface area (Å²) in [5.41, 5.74) is -5.86. The second kappa shape index (κ2) is 4.20. The summed E-state index contributed by atoms with van der Waals surface area (Å²) in [5, 5.41) is 0. The third kappa shape index (κ3) is 3.23. The molecule has 19 heavy (non-hydrogen) atoms. The van der Waals surface area contributed by atoms with Crippen LogP contribution in [0.3, 0.4) is 0 Å². The molecule has 1 aromatic rings. The average Bonchev–Trinajstić information content (AvgIpc) is 2.11. The van der Waals surface area contributed by atoms with Crippen molar-refractivity contribution in [1.29, 1.82) is 0 Å². The highest BCUT2D eigenvalue weighted by Gasteiger charge is 2.48. The van der Waals surface area contributed by atoms with Gasteiger partial charge < -0.3 is 0 Å². The zero-order chi connectivity index (χ0) is 15.2. The number of aromatic nitrogens is 2. The molecule has 12 heteroatoms. The van der Waals surface area contributed by atoms with Crippen LogP contribution in [0.2, 0.25) is 0 Å². The van der Waals surface area contributed by atoms with Crippen molar-refractivity contribution in [2.24, 2.45) is 0 Å². The maximum atomic E-state index is 12.9. The molecule has 1 aromatic heterocycles. The summed E-state index contributed by atoms with van der Waals surface area (Å²) in [7, 11) is 0. The minimum Gasteiger partial charge on any atom is -0.217 e. The number of alkyl halides is 9. The first-order chi connectivity index (χ1) is 8.24. The molecule has 1 heterocycles. The summed E-state index contributed by atoms with van der Waals surface area (Å²) >= 11 is 0. The van der Waals surface area contributed by atoms with Crippen molar-refractivity contribution < 1.29 is 43.9 Å². The first kappa shape index (κ1) is 15.4. The van der Waals surface area contributed by atoms with Gasteiger partial charge in [0, 0.05) is 0 Å². The summed E-state index contributed by atoms with van der Waals surface area (Å²) in [6.45, 7) is 0. The molecule has 0 aliphatic carbocycles. The van der Waals surface area contributed by atoms with Crippen LogP contribution in [0.25, 0.3) is 0 Å². The van der Waals surface area contributed by atoms with E-state index in [1.807, 2.05) is 0 Å². The Hall–Kier alpha value is -1.62. The topological polar surface area (TPSA) is 25.8 Å². The van der Waals surface area contributed by atoms with Gasteiger partial charge in [-0.1, -0.05) is 0 Å². The number of hydrogen-bond acceptors (Lipinski definition) is 2. The first-order valence-electron chi connectivity index (χ1n) is 4.03. The molecule has 0 aromatic carbocycles. The fourth-order valence-electron chi connectivity index (χ4n) is 0.950. The van der Waals surface area contributed by atoms with Crippen LogP contribution in [0.1, 0.15) is 17.2 Å². The molecule has 0 amide bonds. The largest absolute Gasteiger partial charge is 0.451 e. The number of nitrogens with zero attached hydrogens (tertiary/aromatic N) is 2. The Labute approximate surface area is 96.6 Å². The first-order valence-corrected chi connectivity index (χ1v) is 4.03. The molecule has 0 saturated carbocycles. The van der Waals surface area contributed by atoms with Crippen molar-refractivity contribution in [2.45, 2.75) is 18.5 Å². The molecule has 0 bridgehead atoms. The van der Waals surface area contributed by atoms with Gasteiger partial charge in [-0.25, -0.2) is 14.4 Å². The molecule has 0 unspecified atom stereocenters. The van der Waals surface area contributed by atoms with Crippen LogP contribution in [0, 0.1) is 5.82 Å². The average molecular weight is 302 g/mol. The third-order valence-electron chi connectivity index (χ3n) is 1.64. The van der Waals surface area contributed by atoms with Crippen molar-refractivity contribution in [2.75, 3.05) is 0 Å². The van der Waals surface area contributed by atoms with E-state index in [1.54, 1.807) is 9.97 Å². The van der Waals surface area contributed by atoms with E-state index in [-0.39, 0.29) is 0 Å². The van der Waals surface area contributed by atoms with E-state index in [4.69, 9.17) is 0 Å². The van der Waals surface area contributed by atoms with Gasteiger partial charge in [0.1, 0.15) is 0 Å². The number of halogens is 10. The van der Waals surface area contributed by atoms with Crippen molar-refractivity contribution in [1.82, 2.24) is 9.97 Å². The van der Waals surface area contributed by atoms with E-state index in [2.05, 4.69) is 0 Å². The lowest BCUT2D eigenvalue weighted by Gasteiger charge is -2.14. The molecule has 2 nitrogen and oxygen atoms in total. The minimum atomic E-state index is -5.83. The molecular formula is C7F10N2. The number of rotatable bonds is 0. The van der Waals surface area contributed by atoms with Crippen LogP contribution >= 0.6 is 0 Å². The second-order valence-electron chi connectivity index (χ2n) is 3.05. The van der Waals surface area contributed by atoms with Gasteiger partial charge >= 0.3 is 18.5 Å². The Balaban J connectivity index is 3.68. The lowest BCUT2D eigenvalue weighted by Crippen LogP contribution is -2.24. The summed E-state index contributed by atoms with van der Waals surface area (Å²) in [6.07, 6.45) is -17.3.